The number of hydrogen-bond acceptors (Lipinski definition) is 5. The van der Waals surface area contributed by atoms with Gasteiger partial charge in [-0.2, -0.15) is 8.42 Å². The summed E-state index contributed by atoms with van der Waals surface area (Å²) < 4.78 is 26.5. The summed E-state index contributed by atoms with van der Waals surface area (Å²) in [4.78, 5) is 3.86. The van der Waals surface area contributed by atoms with Crippen LogP contribution in [0.15, 0.2) is 5.38 Å². The number of hydrogen-bond donors (Lipinski definition) is 0. The summed E-state index contributed by atoms with van der Waals surface area (Å²) in [5.41, 5.74) is 0.765. The number of aryl methyl sites for hydroxylation is 1. The zero-order valence-electron chi connectivity index (χ0n) is 6.77. The average Bonchev–Trinajstić information content (AvgIpc) is 2.35. The number of nitrogens with zero attached hydrogens (tertiary/aromatic N) is 1. The van der Waals surface area contributed by atoms with Gasteiger partial charge in [0.05, 0.1) is 11.4 Å². The van der Waals surface area contributed by atoms with Gasteiger partial charge in [0, 0.05) is 5.38 Å². The zero-order chi connectivity index (χ0) is 9.19. The first kappa shape index (κ1) is 9.47. The molecule has 0 atom stereocenters. The number of aromatic nitrogens is 1. The van der Waals surface area contributed by atoms with E-state index >= 15 is 0 Å². The lowest BCUT2D eigenvalue weighted by atomic mass is 10.6. The van der Waals surface area contributed by atoms with Gasteiger partial charge in [0.15, 0.2) is 0 Å². The molecule has 0 aliphatic heterocycles. The first-order valence-electron chi connectivity index (χ1n) is 3.38. The fraction of sp³-hybridized carbons (Fsp3) is 0.500. The Morgan fingerprint density at radius 2 is 2.33 bits per heavy atom. The Morgan fingerprint density at radius 1 is 1.67 bits per heavy atom. The van der Waals surface area contributed by atoms with Gasteiger partial charge in [-0.15, -0.1) is 0 Å². The molecule has 0 aliphatic rings. The standard InChI is InChI=1S/C6H9NO3S2/c1-3-12(8,9)10-6-7-5(2)4-11-6/h4H,3H2,1-2H3. The minimum absolute atomic E-state index is 0.0361. The van der Waals surface area contributed by atoms with Crippen molar-refractivity contribution in [1.29, 1.82) is 0 Å². The van der Waals surface area contributed by atoms with Crippen LogP contribution >= 0.6 is 11.3 Å². The molecule has 0 radical (unpaired) electrons. The number of thiazole rings is 1. The van der Waals surface area contributed by atoms with Crippen molar-refractivity contribution in [3.8, 4) is 5.19 Å². The van der Waals surface area contributed by atoms with Gasteiger partial charge in [-0.05, 0) is 13.8 Å². The van der Waals surface area contributed by atoms with E-state index in [9.17, 15) is 8.42 Å². The summed E-state index contributed by atoms with van der Waals surface area (Å²) in [6, 6.07) is 0. The molecule has 12 heavy (non-hydrogen) atoms. The van der Waals surface area contributed by atoms with Crippen molar-refractivity contribution in [2.24, 2.45) is 0 Å². The van der Waals surface area contributed by atoms with E-state index < -0.39 is 10.1 Å². The van der Waals surface area contributed by atoms with Crippen LogP contribution in [0.5, 0.6) is 5.19 Å². The quantitative estimate of drug-likeness (QED) is 0.698. The second kappa shape index (κ2) is 3.40. The number of rotatable bonds is 3. The highest BCUT2D eigenvalue weighted by atomic mass is 32.2. The summed E-state index contributed by atoms with van der Waals surface area (Å²) in [6.45, 7) is 3.30. The molecule has 0 spiro atoms. The van der Waals surface area contributed by atoms with Crippen LogP contribution in [0.25, 0.3) is 0 Å². The predicted octanol–water partition coefficient (Wildman–Crippen LogP) is 1.18. The van der Waals surface area contributed by atoms with Gasteiger partial charge in [-0.25, -0.2) is 4.98 Å². The van der Waals surface area contributed by atoms with Crippen LogP contribution in [0.3, 0.4) is 0 Å². The molecule has 0 fully saturated rings. The van der Waals surface area contributed by atoms with Crippen LogP contribution < -0.4 is 4.18 Å². The van der Waals surface area contributed by atoms with Crippen LogP contribution in [0.4, 0.5) is 0 Å². The molecule has 68 valence electrons. The van der Waals surface area contributed by atoms with Gasteiger partial charge in [-0.1, -0.05) is 11.3 Å². The minimum atomic E-state index is -3.41. The molecule has 0 bridgehead atoms. The molecule has 1 rings (SSSR count). The molecule has 6 heteroatoms. The molecule has 0 saturated carbocycles. The summed E-state index contributed by atoms with van der Waals surface area (Å²) in [5, 5.41) is 1.93. The lowest BCUT2D eigenvalue weighted by molar-refractivity contribution is 0.485. The lowest BCUT2D eigenvalue weighted by Crippen LogP contribution is -2.11. The van der Waals surface area contributed by atoms with Crippen molar-refractivity contribution in [3.05, 3.63) is 11.1 Å². The predicted molar refractivity (Wildman–Crippen MR) is 46.9 cm³/mol. The Labute approximate surface area is 75.3 Å². The molecule has 1 aromatic heterocycles. The maximum Gasteiger partial charge on any atom is 0.311 e. The van der Waals surface area contributed by atoms with E-state index in [0.717, 1.165) is 5.69 Å². The van der Waals surface area contributed by atoms with Gasteiger partial charge >= 0.3 is 10.1 Å². The lowest BCUT2D eigenvalue weighted by Gasteiger charge is -1.98. The smallest absolute Gasteiger partial charge is 0.311 e. The van der Waals surface area contributed by atoms with Crippen LogP contribution in [0.2, 0.25) is 0 Å². The fourth-order valence-corrected chi connectivity index (χ4v) is 1.90. The molecule has 0 unspecified atom stereocenters. The molecular formula is C6H9NO3S2. The second-order valence-corrected chi connectivity index (χ2v) is 4.86. The normalized spacial score (nSPS) is 11.5. The molecule has 0 N–H and O–H groups in total. The van der Waals surface area contributed by atoms with E-state index in [4.69, 9.17) is 0 Å². The Balaban J connectivity index is 2.77. The summed E-state index contributed by atoms with van der Waals surface area (Å²) >= 11 is 1.18. The van der Waals surface area contributed by atoms with Crippen molar-refractivity contribution in [2.75, 3.05) is 5.75 Å². The molecule has 4 nitrogen and oxygen atoms in total. The van der Waals surface area contributed by atoms with E-state index in [-0.39, 0.29) is 10.9 Å². The monoisotopic (exact) mass is 207 g/mol. The van der Waals surface area contributed by atoms with E-state index in [1.54, 1.807) is 12.3 Å². The maximum atomic E-state index is 10.9. The molecule has 0 aromatic carbocycles. The maximum absolute atomic E-state index is 10.9. The third-order valence-electron chi connectivity index (χ3n) is 1.15. The topological polar surface area (TPSA) is 56.3 Å². The first-order valence-corrected chi connectivity index (χ1v) is 5.83. The van der Waals surface area contributed by atoms with Gasteiger partial charge < -0.3 is 4.18 Å². The highest BCUT2D eigenvalue weighted by molar-refractivity contribution is 7.87. The third kappa shape index (κ3) is 2.46. The Bertz CT molecular complexity index is 355. The Kier molecular flexibility index (Phi) is 2.69. The van der Waals surface area contributed by atoms with Crippen molar-refractivity contribution >= 4 is 21.5 Å². The van der Waals surface area contributed by atoms with E-state index in [1.807, 2.05) is 0 Å². The van der Waals surface area contributed by atoms with Crippen molar-refractivity contribution in [3.63, 3.8) is 0 Å². The average molecular weight is 207 g/mol. The van der Waals surface area contributed by atoms with Crippen molar-refractivity contribution < 1.29 is 12.6 Å². The van der Waals surface area contributed by atoms with Gasteiger partial charge in [0.1, 0.15) is 0 Å². The Morgan fingerprint density at radius 3 is 2.75 bits per heavy atom. The molecular weight excluding hydrogens is 198 g/mol. The van der Waals surface area contributed by atoms with Gasteiger partial charge in [-0.3, -0.25) is 0 Å². The third-order valence-corrected chi connectivity index (χ3v) is 3.21. The Hall–Kier alpha value is -0.620. The van der Waals surface area contributed by atoms with Crippen LogP contribution in [-0.2, 0) is 10.1 Å². The zero-order valence-corrected chi connectivity index (χ0v) is 8.41. The minimum Gasteiger partial charge on any atom is -0.351 e. The van der Waals surface area contributed by atoms with E-state index in [0.29, 0.717) is 0 Å². The molecule has 1 aromatic rings. The van der Waals surface area contributed by atoms with Crippen molar-refractivity contribution in [2.45, 2.75) is 13.8 Å². The van der Waals surface area contributed by atoms with Gasteiger partial charge in [0.2, 0.25) is 0 Å². The highest BCUT2D eigenvalue weighted by Crippen LogP contribution is 2.18. The molecule has 0 saturated heterocycles. The SMILES string of the molecule is CCS(=O)(=O)Oc1nc(C)cs1. The van der Waals surface area contributed by atoms with E-state index in [2.05, 4.69) is 9.17 Å². The van der Waals surface area contributed by atoms with E-state index in [1.165, 1.54) is 18.3 Å². The molecule has 0 aliphatic carbocycles. The van der Waals surface area contributed by atoms with Crippen LogP contribution in [0.1, 0.15) is 12.6 Å². The van der Waals surface area contributed by atoms with Gasteiger partial charge in [0.25, 0.3) is 5.19 Å². The largest absolute Gasteiger partial charge is 0.351 e. The molecule has 1 heterocycles. The van der Waals surface area contributed by atoms with Crippen LogP contribution in [-0.4, -0.2) is 19.2 Å². The second-order valence-electron chi connectivity index (χ2n) is 2.18. The summed E-state index contributed by atoms with van der Waals surface area (Å²) in [6.07, 6.45) is 0. The molecule has 0 amide bonds. The summed E-state index contributed by atoms with van der Waals surface area (Å²) in [7, 11) is -3.41. The fourth-order valence-electron chi connectivity index (χ4n) is 0.538. The first-order chi connectivity index (χ1) is 5.53. The highest BCUT2D eigenvalue weighted by Gasteiger charge is 2.11. The van der Waals surface area contributed by atoms with Crippen molar-refractivity contribution in [1.82, 2.24) is 4.98 Å². The van der Waals surface area contributed by atoms with Crippen LogP contribution in [0, 0.1) is 6.92 Å². The summed E-state index contributed by atoms with van der Waals surface area (Å²) in [5.74, 6) is -0.0361.